The first-order valence-corrected chi connectivity index (χ1v) is 21.1. The van der Waals surface area contributed by atoms with Crippen LogP contribution in [0.2, 0.25) is 0 Å². The number of urea groups is 1. The number of nitrogens with one attached hydrogen (secondary N) is 2. The van der Waals surface area contributed by atoms with E-state index in [4.69, 9.17) is 9.97 Å². The van der Waals surface area contributed by atoms with Crippen LogP contribution in [0.25, 0.3) is 21.9 Å². The molecule has 2 N–H and O–H groups in total. The minimum atomic E-state index is -0.419. The summed E-state index contributed by atoms with van der Waals surface area (Å²) in [5.74, 6) is 1.79. The third kappa shape index (κ3) is 7.61. The van der Waals surface area contributed by atoms with Crippen LogP contribution in [0.5, 0.6) is 0 Å². The van der Waals surface area contributed by atoms with Crippen molar-refractivity contribution in [1.29, 1.82) is 0 Å². The van der Waals surface area contributed by atoms with E-state index < -0.39 is 6.03 Å². The molecule has 0 atom stereocenters. The van der Waals surface area contributed by atoms with Gasteiger partial charge in [-0.1, -0.05) is 12.8 Å². The Kier molecular flexibility index (Phi) is 10.5. The maximum absolute atomic E-state index is 13.6. The summed E-state index contributed by atoms with van der Waals surface area (Å²) < 4.78 is 3.55. The topological polar surface area (TPSA) is 167 Å². The number of aromatic nitrogens is 6. The molecule has 1 saturated carbocycles. The van der Waals surface area contributed by atoms with Gasteiger partial charge in [0.1, 0.15) is 11.5 Å². The normalized spacial score (nSPS) is 18.7. The lowest BCUT2D eigenvalue weighted by atomic mass is 9.93. The van der Waals surface area contributed by atoms with E-state index in [1.54, 1.807) is 22.6 Å². The zero-order valence-electron chi connectivity index (χ0n) is 34.1. The maximum Gasteiger partial charge on any atom is 0.329 e. The molecule has 1 aromatic carbocycles. The average Bonchev–Trinajstić information content (AvgIpc) is 3.88. The molecule has 0 radical (unpaired) electrons. The third-order valence-electron chi connectivity index (χ3n) is 12.9. The van der Waals surface area contributed by atoms with Crippen molar-refractivity contribution in [3.63, 3.8) is 0 Å². The summed E-state index contributed by atoms with van der Waals surface area (Å²) in [6, 6.07) is 9.98. The van der Waals surface area contributed by atoms with Crippen LogP contribution in [-0.4, -0.2) is 104 Å². The van der Waals surface area contributed by atoms with Crippen molar-refractivity contribution in [2.24, 2.45) is 13.0 Å². The van der Waals surface area contributed by atoms with E-state index >= 15 is 0 Å². The smallest absolute Gasteiger partial charge is 0.329 e. The molecule has 5 aromatic rings. The van der Waals surface area contributed by atoms with Crippen LogP contribution >= 0.6 is 0 Å². The second kappa shape index (κ2) is 16.0. The molecule has 308 valence electrons. The molecule has 9 rings (SSSR count). The molecule has 3 amide bonds. The molecule has 4 fully saturated rings. The molecule has 0 unspecified atom stereocenters. The van der Waals surface area contributed by atoms with Crippen LogP contribution in [0.15, 0.2) is 47.5 Å². The van der Waals surface area contributed by atoms with Crippen molar-refractivity contribution in [1.82, 2.24) is 39.5 Å². The second-order valence-electron chi connectivity index (χ2n) is 16.6. The Hall–Kier alpha value is -5.90. The van der Waals surface area contributed by atoms with Crippen molar-refractivity contribution in [2.75, 3.05) is 72.4 Å². The Morgan fingerprint density at radius 3 is 2.32 bits per heavy atom. The number of Topliss-reactive ketones (excluding diaryl/α,β-unsaturated/α-hetero) is 1. The molecule has 4 aromatic heterocycles. The summed E-state index contributed by atoms with van der Waals surface area (Å²) in [6.07, 6.45) is 11.3. The number of ketones is 1. The number of amides is 3. The van der Waals surface area contributed by atoms with Crippen LogP contribution in [0.4, 0.5) is 33.8 Å². The summed E-state index contributed by atoms with van der Waals surface area (Å²) in [7, 11) is 1.90. The highest BCUT2D eigenvalue weighted by Crippen LogP contribution is 2.34. The van der Waals surface area contributed by atoms with Gasteiger partial charge >= 0.3 is 6.03 Å². The van der Waals surface area contributed by atoms with Gasteiger partial charge in [-0.2, -0.15) is 10.1 Å². The zero-order chi connectivity index (χ0) is 40.8. The lowest BCUT2D eigenvalue weighted by molar-refractivity contribution is -0.120. The Bertz CT molecular complexity index is 2470. The first-order chi connectivity index (χ1) is 28.6. The Labute approximate surface area is 342 Å². The number of imide groups is 1. The number of aryl methyl sites for hydroxylation is 2. The molecule has 3 saturated heterocycles. The van der Waals surface area contributed by atoms with Crippen molar-refractivity contribution in [3.05, 3.63) is 64.2 Å². The van der Waals surface area contributed by atoms with Gasteiger partial charge in [0.15, 0.2) is 11.6 Å². The van der Waals surface area contributed by atoms with Gasteiger partial charge in [-0.3, -0.25) is 38.7 Å². The van der Waals surface area contributed by atoms with Gasteiger partial charge in [-0.05, 0) is 94.3 Å². The zero-order valence-corrected chi connectivity index (χ0v) is 34.1. The fraction of sp³-hybridized carbons (Fsp3) is 0.488. The van der Waals surface area contributed by atoms with E-state index in [9.17, 15) is 19.2 Å². The molecule has 0 bridgehead atoms. The predicted molar refractivity (Wildman–Crippen MR) is 228 cm³/mol. The maximum atomic E-state index is 13.6. The van der Waals surface area contributed by atoms with E-state index in [1.807, 2.05) is 24.0 Å². The number of anilines is 5. The number of piperazine rings is 1. The molecular weight excluding hydrogens is 749 g/mol. The van der Waals surface area contributed by atoms with Gasteiger partial charge in [-0.15, -0.1) is 0 Å². The molecule has 0 spiro atoms. The highest BCUT2D eigenvalue weighted by atomic mass is 16.2. The van der Waals surface area contributed by atoms with Gasteiger partial charge in [0.25, 0.3) is 5.56 Å². The number of carbonyl (C=O) groups excluding carboxylic acids is 3. The number of hydrogen-bond donors (Lipinski definition) is 2. The summed E-state index contributed by atoms with van der Waals surface area (Å²) in [5, 5.41) is 11.9. The molecule has 59 heavy (non-hydrogen) atoms. The fourth-order valence-corrected chi connectivity index (χ4v) is 9.53. The molecule has 1 aliphatic carbocycles. The standard InChI is InChI=1S/C43H52N12O4/c1-27-34-26-45-42(48-39(34)55(30-6-4-5-7-30)41(58)38(27)28(2)56)46-36-11-9-32(25-44-36)53-22-20-51(21-23-53)16-12-29-13-17-52(18-14-29)31-8-10-33-35(24-31)50(3)49-40(33)54-19-15-37(57)47-43(54)59/h8-11,24-26,29-30H,4-7,12-23H2,1-3H3,(H,47,57,59)(H,44,45,46,48). The van der Waals surface area contributed by atoms with Crippen molar-refractivity contribution in [3.8, 4) is 0 Å². The van der Waals surface area contributed by atoms with Gasteiger partial charge in [-0.25, -0.2) is 14.8 Å². The van der Waals surface area contributed by atoms with Gasteiger partial charge in [0.2, 0.25) is 11.9 Å². The number of fused-ring (bicyclic) bond motifs is 2. The largest absolute Gasteiger partial charge is 0.371 e. The first-order valence-electron chi connectivity index (χ1n) is 21.1. The predicted octanol–water partition coefficient (Wildman–Crippen LogP) is 5.32. The third-order valence-corrected chi connectivity index (χ3v) is 12.9. The van der Waals surface area contributed by atoms with Crippen LogP contribution in [0.1, 0.15) is 80.3 Å². The summed E-state index contributed by atoms with van der Waals surface area (Å²) in [5.41, 5.74) is 4.38. The summed E-state index contributed by atoms with van der Waals surface area (Å²) in [6.45, 7) is 10.6. The lowest BCUT2D eigenvalue weighted by Gasteiger charge is -2.38. The summed E-state index contributed by atoms with van der Waals surface area (Å²) >= 11 is 0. The van der Waals surface area contributed by atoms with Crippen molar-refractivity contribution < 1.29 is 14.4 Å². The number of carbonyl (C=O) groups is 3. The minimum absolute atomic E-state index is 0.0224. The van der Waals surface area contributed by atoms with E-state index in [0.717, 1.165) is 106 Å². The van der Waals surface area contributed by atoms with Crippen LogP contribution in [0, 0.1) is 12.8 Å². The molecular formula is C43H52N12O4. The monoisotopic (exact) mass is 800 g/mol. The molecule has 7 heterocycles. The minimum Gasteiger partial charge on any atom is -0.371 e. The number of piperidine rings is 1. The number of pyridine rings is 2. The SMILES string of the molecule is CC(=O)c1c(C)c2cnc(Nc3ccc(N4CCN(CCC5CCN(c6ccc7c(N8CCC(=O)NC8=O)nn(C)c7c6)CC5)CC4)cn3)nc2n(C2CCCC2)c1=O. The van der Waals surface area contributed by atoms with Crippen molar-refractivity contribution in [2.45, 2.75) is 71.3 Å². The number of hydrogen-bond acceptors (Lipinski definition) is 12. The molecule has 16 heteroatoms. The number of nitrogens with zero attached hydrogens (tertiary/aromatic N) is 10. The first kappa shape index (κ1) is 38.6. The fourth-order valence-electron chi connectivity index (χ4n) is 9.53. The molecule has 4 aliphatic rings. The molecule has 16 nitrogen and oxygen atoms in total. The quantitative estimate of drug-likeness (QED) is 0.175. The van der Waals surface area contributed by atoms with E-state index in [-0.39, 0.29) is 35.3 Å². The van der Waals surface area contributed by atoms with Gasteiger partial charge < -0.3 is 15.1 Å². The summed E-state index contributed by atoms with van der Waals surface area (Å²) in [4.78, 5) is 73.3. The highest BCUT2D eigenvalue weighted by molar-refractivity contribution is 6.09. The Balaban J connectivity index is 0.758. The average molecular weight is 801 g/mol. The van der Waals surface area contributed by atoms with Crippen LogP contribution in [0.3, 0.4) is 0 Å². The second-order valence-corrected chi connectivity index (χ2v) is 16.6. The Morgan fingerprint density at radius 1 is 0.864 bits per heavy atom. The lowest BCUT2D eigenvalue weighted by Crippen LogP contribution is -2.49. The van der Waals surface area contributed by atoms with Gasteiger partial charge in [0, 0.05) is 88.0 Å². The van der Waals surface area contributed by atoms with Crippen LogP contribution < -0.4 is 30.9 Å². The van der Waals surface area contributed by atoms with E-state index in [1.165, 1.54) is 19.0 Å². The highest BCUT2D eigenvalue weighted by Gasteiger charge is 2.30. The molecule has 3 aliphatic heterocycles. The van der Waals surface area contributed by atoms with Crippen molar-refractivity contribution >= 4 is 68.6 Å². The van der Waals surface area contributed by atoms with Gasteiger partial charge in [0.05, 0.1) is 23.0 Å². The van der Waals surface area contributed by atoms with E-state index in [0.29, 0.717) is 41.3 Å². The number of rotatable bonds is 10. The Morgan fingerprint density at radius 2 is 1.61 bits per heavy atom. The number of benzene rings is 1. The van der Waals surface area contributed by atoms with E-state index in [2.05, 4.69) is 59.7 Å². The van der Waals surface area contributed by atoms with Crippen LogP contribution in [-0.2, 0) is 11.8 Å².